The number of hydrogen-bond acceptors (Lipinski definition) is 3. The normalized spacial score (nSPS) is 18.2. The molecule has 2 amide bonds. The lowest BCUT2D eigenvalue weighted by Gasteiger charge is -2.32. The maximum Gasteiger partial charge on any atom is 0.253 e. The number of rotatable bonds is 4. The summed E-state index contributed by atoms with van der Waals surface area (Å²) in [6, 6.07) is 9.62. The average molecular weight is 338 g/mol. The van der Waals surface area contributed by atoms with E-state index in [-0.39, 0.29) is 11.8 Å². The first-order valence-corrected chi connectivity index (χ1v) is 8.90. The molecule has 1 saturated carbocycles. The van der Waals surface area contributed by atoms with Gasteiger partial charge in [-0.25, -0.2) is 0 Å². The maximum absolute atomic E-state index is 12.7. The van der Waals surface area contributed by atoms with E-state index in [9.17, 15) is 9.59 Å². The van der Waals surface area contributed by atoms with Crippen LogP contribution in [0.15, 0.2) is 42.7 Å². The van der Waals surface area contributed by atoms with Crippen LogP contribution in [0.1, 0.15) is 52.4 Å². The SMILES string of the molecule is O=C(NC1CC1)c1ccc(C(=O)N2CCC(n3cccn3)CC2)cc1. The number of hydrogen-bond donors (Lipinski definition) is 1. The highest BCUT2D eigenvalue weighted by atomic mass is 16.2. The minimum atomic E-state index is -0.0541. The standard InChI is InChI=1S/C19H22N4O2/c24-18(21-16-6-7-16)14-2-4-15(5-3-14)19(25)22-12-8-17(9-13-22)23-11-1-10-20-23/h1-5,10-11,16-17H,6-9,12-13H2,(H,21,24). The summed E-state index contributed by atoms with van der Waals surface area (Å²) in [7, 11) is 0. The summed E-state index contributed by atoms with van der Waals surface area (Å²) < 4.78 is 1.98. The predicted octanol–water partition coefficient (Wildman–Crippen LogP) is 2.25. The van der Waals surface area contributed by atoms with E-state index in [4.69, 9.17) is 0 Å². The van der Waals surface area contributed by atoms with E-state index in [0.29, 0.717) is 23.2 Å². The molecule has 6 nitrogen and oxygen atoms in total. The minimum absolute atomic E-state index is 0.0352. The first-order valence-electron chi connectivity index (χ1n) is 8.90. The Morgan fingerprint density at radius 3 is 2.28 bits per heavy atom. The Morgan fingerprint density at radius 1 is 1.00 bits per heavy atom. The molecule has 6 heteroatoms. The van der Waals surface area contributed by atoms with Gasteiger partial charge in [0.05, 0.1) is 6.04 Å². The molecule has 0 unspecified atom stereocenters. The van der Waals surface area contributed by atoms with Crippen molar-refractivity contribution in [3.63, 3.8) is 0 Å². The van der Waals surface area contributed by atoms with Crippen LogP contribution in [0.4, 0.5) is 0 Å². The number of likely N-dealkylation sites (tertiary alicyclic amines) is 1. The quantitative estimate of drug-likeness (QED) is 0.930. The van der Waals surface area contributed by atoms with Crippen molar-refractivity contribution in [3.05, 3.63) is 53.9 Å². The Bertz CT molecular complexity index is 742. The molecular formula is C19H22N4O2. The summed E-state index contributed by atoms with van der Waals surface area (Å²) in [5.41, 5.74) is 1.25. The fourth-order valence-corrected chi connectivity index (χ4v) is 3.27. The van der Waals surface area contributed by atoms with Gasteiger partial charge in [-0.2, -0.15) is 5.10 Å². The van der Waals surface area contributed by atoms with E-state index in [1.165, 1.54) is 0 Å². The van der Waals surface area contributed by atoms with Crippen molar-refractivity contribution in [2.75, 3.05) is 13.1 Å². The second kappa shape index (κ2) is 6.70. The van der Waals surface area contributed by atoms with Gasteiger partial charge in [0.2, 0.25) is 0 Å². The van der Waals surface area contributed by atoms with Crippen LogP contribution in [-0.2, 0) is 0 Å². The monoisotopic (exact) mass is 338 g/mol. The molecule has 1 aromatic carbocycles. The number of piperidine rings is 1. The summed E-state index contributed by atoms with van der Waals surface area (Å²) in [4.78, 5) is 26.6. The van der Waals surface area contributed by atoms with Crippen molar-refractivity contribution in [3.8, 4) is 0 Å². The second-order valence-corrected chi connectivity index (χ2v) is 6.83. The van der Waals surface area contributed by atoms with Crippen LogP contribution >= 0.6 is 0 Å². The highest BCUT2D eigenvalue weighted by molar-refractivity contribution is 5.98. The van der Waals surface area contributed by atoms with Crippen LogP contribution in [0.25, 0.3) is 0 Å². The summed E-state index contributed by atoms with van der Waals surface area (Å²) in [5.74, 6) is -0.0189. The zero-order valence-electron chi connectivity index (χ0n) is 14.1. The van der Waals surface area contributed by atoms with Gasteiger partial charge in [0.25, 0.3) is 11.8 Å². The lowest BCUT2D eigenvalue weighted by molar-refractivity contribution is 0.0689. The van der Waals surface area contributed by atoms with Gasteiger partial charge in [-0.1, -0.05) is 0 Å². The molecule has 1 N–H and O–H groups in total. The van der Waals surface area contributed by atoms with Crippen LogP contribution in [0.2, 0.25) is 0 Å². The van der Waals surface area contributed by atoms with Crippen molar-refractivity contribution in [1.29, 1.82) is 0 Å². The highest BCUT2D eigenvalue weighted by Gasteiger charge is 2.26. The largest absolute Gasteiger partial charge is 0.349 e. The fraction of sp³-hybridized carbons (Fsp3) is 0.421. The molecule has 1 aliphatic carbocycles. The Morgan fingerprint density at radius 2 is 1.68 bits per heavy atom. The number of carbonyl (C=O) groups excluding carboxylic acids is 2. The van der Waals surface area contributed by atoms with Gasteiger partial charge in [0.15, 0.2) is 0 Å². The Kier molecular flexibility index (Phi) is 4.26. The molecule has 4 rings (SSSR count). The summed E-state index contributed by atoms with van der Waals surface area (Å²) >= 11 is 0. The van der Waals surface area contributed by atoms with Crippen molar-refractivity contribution < 1.29 is 9.59 Å². The molecule has 25 heavy (non-hydrogen) atoms. The van der Waals surface area contributed by atoms with E-state index < -0.39 is 0 Å². The molecule has 0 bridgehead atoms. The zero-order chi connectivity index (χ0) is 17.2. The molecule has 1 saturated heterocycles. The molecule has 2 aliphatic rings. The van der Waals surface area contributed by atoms with E-state index in [1.54, 1.807) is 30.5 Å². The van der Waals surface area contributed by atoms with Crippen LogP contribution in [0, 0.1) is 0 Å². The number of benzene rings is 1. The van der Waals surface area contributed by atoms with Crippen molar-refractivity contribution in [1.82, 2.24) is 20.0 Å². The number of carbonyl (C=O) groups is 2. The fourth-order valence-electron chi connectivity index (χ4n) is 3.27. The third-order valence-electron chi connectivity index (χ3n) is 4.96. The second-order valence-electron chi connectivity index (χ2n) is 6.83. The van der Waals surface area contributed by atoms with Crippen LogP contribution in [0.3, 0.4) is 0 Å². The van der Waals surface area contributed by atoms with Gasteiger partial charge in [-0.05, 0) is 56.0 Å². The molecule has 130 valence electrons. The molecule has 2 aromatic rings. The molecule has 2 heterocycles. The maximum atomic E-state index is 12.7. The minimum Gasteiger partial charge on any atom is -0.349 e. The van der Waals surface area contributed by atoms with Gasteiger partial charge < -0.3 is 10.2 Å². The predicted molar refractivity (Wildman–Crippen MR) is 93.3 cm³/mol. The van der Waals surface area contributed by atoms with Gasteiger partial charge in [0, 0.05) is 42.7 Å². The van der Waals surface area contributed by atoms with E-state index in [1.807, 2.05) is 21.8 Å². The van der Waals surface area contributed by atoms with Crippen molar-refractivity contribution in [2.45, 2.75) is 37.8 Å². The van der Waals surface area contributed by atoms with Crippen molar-refractivity contribution in [2.24, 2.45) is 0 Å². The van der Waals surface area contributed by atoms with E-state index in [0.717, 1.165) is 38.8 Å². The number of amides is 2. The number of nitrogens with one attached hydrogen (secondary N) is 1. The smallest absolute Gasteiger partial charge is 0.253 e. The van der Waals surface area contributed by atoms with Crippen LogP contribution < -0.4 is 5.32 Å². The lowest BCUT2D eigenvalue weighted by Crippen LogP contribution is -2.39. The van der Waals surface area contributed by atoms with Gasteiger partial charge in [0.1, 0.15) is 0 Å². The third-order valence-corrected chi connectivity index (χ3v) is 4.96. The topological polar surface area (TPSA) is 67.2 Å². The Balaban J connectivity index is 1.35. The third kappa shape index (κ3) is 3.57. The number of nitrogens with zero attached hydrogens (tertiary/aromatic N) is 3. The van der Waals surface area contributed by atoms with Gasteiger partial charge in [-0.3, -0.25) is 14.3 Å². The first-order chi connectivity index (χ1) is 12.2. The van der Waals surface area contributed by atoms with Gasteiger partial charge in [-0.15, -0.1) is 0 Å². The Hall–Kier alpha value is -2.63. The molecule has 2 fully saturated rings. The van der Waals surface area contributed by atoms with Crippen LogP contribution in [-0.4, -0.2) is 45.6 Å². The summed E-state index contributed by atoms with van der Waals surface area (Å²) in [5, 5.41) is 7.25. The van der Waals surface area contributed by atoms with Crippen molar-refractivity contribution >= 4 is 11.8 Å². The van der Waals surface area contributed by atoms with Gasteiger partial charge >= 0.3 is 0 Å². The zero-order valence-corrected chi connectivity index (χ0v) is 14.1. The molecule has 0 spiro atoms. The lowest BCUT2D eigenvalue weighted by atomic mass is 10.0. The molecule has 0 radical (unpaired) electrons. The van der Waals surface area contributed by atoms with Crippen LogP contribution in [0.5, 0.6) is 0 Å². The first kappa shape index (κ1) is 15.9. The molecular weight excluding hydrogens is 316 g/mol. The Labute approximate surface area is 146 Å². The molecule has 0 atom stereocenters. The molecule has 1 aliphatic heterocycles. The van der Waals surface area contributed by atoms with E-state index in [2.05, 4.69) is 10.4 Å². The summed E-state index contributed by atoms with van der Waals surface area (Å²) in [6.07, 6.45) is 7.73. The highest BCUT2D eigenvalue weighted by Crippen LogP contribution is 2.23. The summed E-state index contributed by atoms with van der Waals surface area (Å²) in [6.45, 7) is 1.46. The average Bonchev–Trinajstić information content (AvgIpc) is 3.30. The molecule has 1 aromatic heterocycles. The number of aromatic nitrogens is 2. The van der Waals surface area contributed by atoms with E-state index >= 15 is 0 Å².